The third-order valence-corrected chi connectivity index (χ3v) is 6.85. The van der Waals surface area contributed by atoms with E-state index in [1.165, 1.54) is 0 Å². The van der Waals surface area contributed by atoms with E-state index in [0.29, 0.717) is 19.4 Å². The lowest BCUT2D eigenvalue weighted by atomic mass is 9.92. The van der Waals surface area contributed by atoms with E-state index in [2.05, 4.69) is 17.5 Å². The van der Waals surface area contributed by atoms with Crippen molar-refractivity contribution in [2.45, 2.75) is 78.2 Å². The van der Waals surface area contributed by atoms with Gasteiger partial charge in [0.15, 0.2) is 5.65 Å². The molecule has 1 N–H and O–H groups in total. The Balaban J connectivity index is 1.55. The first kappa shape index (κ1) is 22.5. The van der Waals surface area contributed by atoms with Crippen molar-refractivity contribution in [1.29, 1.82) is 0 Å². The minimum atomic E-state index is 0.0260. The number of allylic oxidation sites excluding steroid dienone is 2. The lowest BCUT2D eigenvalue weighted by Gasteiger charge is -2.28. The van der Waals surface area contributed by atoms with Crippen LogP contribution in [0.25, 0.3) is 5.65 Å². The van der Waals surface area contributed by atoms with Crippen LogP contribution in [-0.4, -0.2) is 44.4 Å². The number of nitrogens with zero attached hydrogens (tertiary/aromatic N) is 4. The normalized spacial score (nSPS) is 20.8. The largest absolute Gasteiger partial charge is 0.356 e. The zero-order valence-electron chi connectivity index (χ0n) is 19.6. The second-order valence-electron chi connectivity index (χ2n) is 9.12. The highest BCUT2D eigenvalue weighted by Gasteiger charge is 2.35. The molecule has 1 aliphatic heterocycles. The molecule has 172 valence electrons. The summed E-state index contributed by atoms with van der Waals surface area (Å²) in [6.07, 6.45) is 11.1. The Morgan fingerprint density at radius 3 is 2.81 bits per heavy atom. The van der Waals surface area contributed by atoms with Crippen LogP contribution in [0, 0.1) is 19.8 Å². The molecule has 7 nitrogen and oxygen atoms in total. The van der Waals surface area contributed by atoms with E-state index in [0.717, 1.165) is 73.4 Å². The van der Waals surface area contributed by atoms with Crippen LogP contribution in [0.3, 0.4) is 0 Å². The number of likely N-dealkylation sites (tertiary alicyclic amines) is 1. The molecule has 2 aliphatic rings. The molecule has 0 bridgehead atoms. The number of hydrogen-bond acceptors (Lipinski definition) is 4. The molecule has 0 unspecified atom stereocenters. The summed E-state index contributed by atoms with van der Waals surface area (Å²) in [4.78, 5) is 32.1. The van der Waals surface area contributed by atoms with Crippen molar-refractivity contribution in [2.75, 3.05) is 13.1 Å². The van der Waals surface area contributed by atoms with Gasteiger partial charge in [-0.05, 0) is 64.4 Å². The molecule has 0 aromatic carbocycles. The first-order chi connectivity index (χ1) is 15.5. The van der Waals surface area contributed by atoms with Gasteiger partial charge in [0.25, 0.3) is 0 Å². The van der Waals surface area contributed by atoms with E-state index in [4.69, 9.17) is 10.1 Å². The number of amides is 2. The third kappa shape index (κ3) is 4.57. The maximum Gasteiger partial charge on any atom is 0.226 e. The predicted molar refractivity (Wildman–Crippen MR) is 124 cm³/mol. The monoisotopic (exact) mass is 437 g/mol. The molecule has 2 aromatic heterocycles. The Morgan fingerprint density at radius 2 is 2.06 bits per heavy atom. The van der Waals surface area contributed by atoms with Crippen LogP contribution < -0.4 is 5.32 Å². The van der Waals surface area contributed by atoms with Gasteiger partial charge in [-0.1, -0.05) is 19.1 Å². The van der Waals surface area contributed by atoms with Crippen LogP contribution in [0.1, 0.15) is 80.6 Å². The summed E-state index contributed by atoms with van der Waals surface area (Å²) in [6.45, 7) is 7.61. The van der Waals surface area contributed by atoms with E-state index >= 15 is 0 Å². The van der Waals surface area contributed by atoms with E-state index in [1.807, 2.05) is 36.3 Å². The lowest BCUT2D eigenvalue weighted by Crippen LogP contribution is -2.36. The first-order valence-electron chi connectivity index (χ1n) is 12.1. The quantitative estimate of drug-likeness (QED) is 0.668. The number of carbonyl (C=O) groups is 2. The summed E-state index contributed by atoms with van der Waals surface area (Å²) < 4.78 is 1.89. The second-order valence-corrected chi connectivity index (χ2v) is 9.12. The predicted octanol–water partition coefficient (Wildman–Crippen LogP) is 3.82. The minimum Gasteiger partial charge on any atom is -0.356 e. The molecule has 0 radical (unpaired) electrons. The number of fused-ring (bicyclic) bond motifs is 1. The van der Waals surface area contributed by atoms with Gasteiger partial charge in [-0.25, -0.2) is 9.50 Å². The number of aryl methyl sites for hydroxylation is 2. The molecule has 1 aliphatic carbocycles. The van der Waals surface area contributed by atoms with Crippen LogP contribution in [0.4, 0.5) is 0 Å². The molecule has 1 fully saturated rings. The average Bonchev–Trinajstić information content (AvgIpc) is 3.44. The molecular weight excluding hydrogens is 402 g/mol. The fraction of sp³-hybridized carbons (Fsp3) is 0.600. The lowest BCUT2D eigenvalue weighted by molar-refractivity contribution is -0.136. The van der Waals surface area contributed by atoms with Gasteiger partial charge < -0.3 is 10.2 Å². The number of nitrogens with one attached hydrogen (secondary N) is 1. The number of carbonyl (C=O) groups excluding carboxylic acids is 2. The standard InChI is InChI=1S/C25H35N5O2/c1-4-14-26-24(31)13-12-20-17(2)27-23-16-21(28-30(23)18(20)3)22-11-8-15-29(22)25(32)19-9-6-5-7-10-19/h5-6,16,19,22H,4,7-15H2,1-3H3,(H,26,31)/t19-,22-/m0/s1. The Hall–Kier alpha value is -2.70. The van der Waals surface area contributed by atoms with Crippen molar-refractivity contribution in [2.24, 2.45) is 5.92 Å². The third-order valence-electron chi connectivity index (χ3n) is 6.85. The molecule has 0 spiro atoms. The zero-order chi connectivity index (χ0) is 22.7. The van der Waals surface area contributed by atoms with Crippen LogP contribution in [-0.2, 0) is 16.0 Å². The fourth-order valence-corrected chi connectivity index (χ4v) is 5.05. The molecular formula is C25H35N5O2. The number of hydrogen-bond donors (Lipinski definition) is 1. The smallest absolute Gasteiger partial charge is 0.226 e. The Morgan fingerprint density at radius 1 is 1.22 bits per heavy atom. The topological polar surface area (TPSA) is 79.6 Å². The van der Waals surface area contributed by atoms with Crippen LogP contribution >= 0.6 is 0 Å². The molecule has 2 aromatic rings. The highest BCUT2D eigenvalue weighted by atomic mass is 16.2. The molecule has 7 heteroatoms. The summed E-state index contributed by atoms with van der Waals surface area (Å²) in [5.41, 5.74) is 4.78. The highest BCUT2D eigenvalue weighted by Crippen LogP contribution is 2.35. The molecule has 2 amide bonds. The van der Waals surface area contributed by atoms with Crippen molar-refractivity contribution in [3.63, 3.8) is 0 Å². The second kappa shape index (κ2) is 9.84. The van der Waals surface area contributed by atoms with Crippen LogP contribution in [0.5, 0.6) is 0 Å². The molecule has 3 heterocycles. The minimum absolute atomic E-state index is 0.0260. The summed E-state index contributed by atoms with van der Waals surface area (Å²) >= 11 is 0. The Labute approximate surface area is 190 Å². The first-order valence-corrected chi connectivity index (χ1v) is 12.1. The maximum absolute atomic E-state index is 13.2. The average molecular weight is 438 g/mol. The molecule has 32 heavy (non-hydrogen) atoms. The molecule has 1 saturated heterocycles. The van der Waals surface area contributed by atoms with Gasteiger partial charge in [-0.15, -0.1) is 0 Å². The maximum atomic E-state index is 13.2. The van der Waals surface area contributed by atoms with Crippen molar-refractivity contribution in [3.05, 3.63) is 40.9 Å². The Bertz CT molecular complexity index is 1020. The van der Waals surface area contributed by atoms with Crippen molar-refractivity contribution < 1.29 is 9.59 Å². The summed E-state index contributed by atoms with van der Waals surface area (Å²) in [5, 5.41) is 7.84. The van der Waals surface area contributed by atoms with Crippen LogP contribution in [0.15, 0.2) is 18.2 Å². The molecule has 2 atom stereocenters. The van der Waals surface area contributed by atoms with E-state index < -0.39 is 0 Å². The number of rotatable bonds is 7. The SMILES string of the molecule is CCCNC(=O)CCc1c(C)nc2cc([C@@H]3CCCN3C(=O)[C@H]3CC=CCC3)nn2c1C. The number of aromatic nitrogens is 3. The molecule has 0 saturated carbocycles. The van der Waals surface area contributed by atoms with Gasteiger partial charge in [-0.2, -0.15) is 5.10 Å². The van der Waals surface area contributed by atoms with Gasteiger partial charge in [0.05, 0.1) is 11.7 Å². The van der Waals surface area contributed by atoms with E-state index in [1.54, 1.807) is 0 Å². The zero-order valence-corrected chi connectivity index (χ0v) is 19.6. The Kier molecular flexibility index (Phi) is 6.92. The van der Waals surface area contributed by atoms with Gasteiger partial charge in [0.2, 0.25) is 11.8 Å². The van der Waals surface area contributed by atoms with Gasteiger partial charge >= 0.3 is 0 Å². The summed E-state index contributed by atoms with van der Waals surface area (Å²) in [6, 6.07) is 2.06. The summed E-state index contributed by atoms with van der Waals surface area (Å²) in [5.74, 6) is 0.448. The van der Waals surface area contributed by atoms with Crippen LogP contribution in [0.2, 0.25) is 0 Å². The van der Waals surface area contributed by atoms with Gasteiger partial charge in [0.1, 0.15) is 0 Å². The van der Waals surface area contributed by atoms with Crippen molar-refractivity contribution >= 4 is 17.5 Å². The molecule has 4 rings (SSSR count). The highest BCUT2D eigenvalue weighted by molar-refractivity contribution is 5.80. The van der Waals surface area contributed by atoms with E-state index in [9.17, 15) is 9.59 Å². The van der Waals surface area contributed by atoms with Gasteiger partial charge in [0, 0.05) is 42.9 Å². The van der Waals surface area contributed by atoms with E-state index in [-0.39, 0.29) is 23.8 Å². The summed E-state index contributed by atoms with van der Waals surface area (Å²) in [7, 11) is 0. The van der Waals surface area contributed by atoms with Crippen molar-refractivity contribution in [1.82, 2.24) is 24.8 Å². The van der Waals surface area contributed by atoms with Crippen molar-refractivity contribution in [3.8, 4) is 0 Å². The fourth-order valence-electron chi connectivity index (χ4n) is 5.05. The van der Waals surface area contributed by atoms with Gasteiger partial charge in [-0.3, -0.25) is 9.59 Å².